The van der Waals surface area contributed by atoms with E-state index in [1.807, 2.05) is 43.3 Å². The largest absolute Gasteiger partial charge is 0.495 e. The number of halogens is 1. The van der Waals surface area contributed by atoms with Crippen LogP contribution in [-0.2, 0) is 0 Å². The van der Waals surface area contributed by atoms with Crippen LogP contribution in [0.15, 0.2) is 48.5 Å². The van der Waals surface area contributed by atoms with Gasteiger partial charge < -0.3 is 15.0 Å². The summed E-state index contributed by atoms with van der Waals surface area (Å²) in [5, 5.41) is 12.0. The molecule has 4 rings (SSSR count). The molecule has 1 atom stereocenters. The molecular formula is C22H24ClN5O2. The van der Waals surface area contributed by atoms with Gasteiger partial charge in [-0.3, -0.25) is 4.79 Å². The lowest BCUT2D eigenvalue weighted by Gasteiger charge is -2.35. The highest BCUT2D eigenvalue weighted by Crippen LogP contribution is 2.30. The summed E-state index contributed by atoms with van der Waals surface area (Å²) in [5.41, 5.74) is 2.81. The molecule has 0 radical (unpaired) electrons. The van der Waals surface area contributed by atoms with E-state index in [2.05, 4.69) is 20.5 Å². The van der Waals surface area contributed by atoms with E-state index in [1.165, 1.54) is 0 Å². The minimum Gasteiger partial charge on any atom is -0.495 e. The fraction of sp³-hybridized carbons (Fsp3) is 0.318. The Morgan fingerprint density at radius 1 is 1.23 bits per heavy atom. The van der Waals surface area contributed by atoms with Gasteiger partial charge in [0.15, 0.2) is 5.69 Å². The van der Waals surface area contributed by atoms with Crippen molar-refractivity contribution in [1.29, 1.82) is 0 Å². The monoisotopic (exact) mass is 425 g/mol. The first kappa shape index (κ1) is 20.2. The number of hydrogen-bond acceptors (Lipinski definition) is 5. The van der Waals surface area contributed by atoms with Gasteiger partial charge in [-0.2, -0.15) is 0 Å². The van der Waals surface area contributed by atoms with E-state index >= 15 is 0 Å². The molecule has 1 aliphatic rings. The molecule has 3 aromatic rings. The SMILES string of the molecule is COc1ccccc1N1CCCC(NC(=O)c2nnn(-c3cccc(Cl)c3)c2C)C1. The van der Waals surface area contributed by atoms with Crippen LogP contribution in [0.4, 0.5) is 5.69 Å². The van der Waals surface area contributed by atoms with Crippen LogP contribution in [-0.4, -0.2) is 47.1 Å². The van der Waals surface area contributed by atoms with Crippen molar-refractivity contribution < 1.29 is 9.53 Å². The Balaban J connectivity index is 1.48. The molecule has 2 aromatic carbocycles. The average molecular weight is 426 g/mol. The number of piperidine rings is 1. The summed E-state index contributed by atoms with van der Waals surface area (Å²) < 4.78 is 7.12. The second-order valence-corrected chi connectivity index (χ2v) is 7.78. The van der Waals surface area contributed by atoms with Crippen LogP contribution in [0, 0.1) is 6.92 Å². The molecule has 1 unspecified atom stereocenters. The predicted molar refractivity (Wildman–Crippen MR) is 117 cm³/mol. The third-order valence-electron chi connectivity index (χ3n) is 5.34. The van der Waals surface area contributed by atoms with Gasteiger partial charge in [-0.05, 0) is 50.1 Å². The van der Waals surface area contributed by atoms with E-state index < -0.39 is 0 Å². The van der Waals surface area contributed by atoms with Gasteiger partial charge in [0.05, 0.1) is 24.2 Å². The van der Waals surface area contributed by atoms with Gasteiger partial charge in [0.1, 0.15) is 5.75 Å². The van der Waals surface area contributed by atoms with Crippen molar-refractivity contribution in [2.45, 2.75) is 25.8 Å². The zero-order chi connectivity index (χ0) is 21.1. The van der Waals surface area contributed by atoms with E-state index in [0.29, 0.717) is 23.0 Å². The highest BCUT2D eigenvalue weighted by atomic mass is 35.5. The third kappa shape index (κ3) is 4.11. The van der Waals surface area contributed by atoms with Gasteiger partial charge in [0.25, 0.3) is 5.91 Å². The zero-order valence-electron chi connectivity index (χ0n) is 17.0. The second-order valence-electron chi connectivity index (χ2n) is 7.35. The van der Waals surface area contributed by atoms with Crippen LogP contribution in [0.1, 0.15) is 29.0 Å². The molecule has 30 heavy (non-hydrogen) atoms. The van der Waals surface area contributed by atoms with Gasteiger partial charge in [0, 0.05) is 24.2 Å². The number of carbonyl (C=O) groups is 1. The molecule has 0 saturated carbocycles. The molecule has 7 nitrogen and oxygen atoms in total. The second kappa shape index (κ2) is 8.75. The number of ether oxygens (including phenoxy) is 1. The number of rotatable bonds is 5. The molecule has 0 aliphatic carbocycles. The summed E-state index contributed by atoms with van der Waals surface area (Å²) in [4.78, 5) is 15.2. The Labute approximate surface area is 180 Å². The maximum atomic E-state index is 12.9. The standard InChI is InChI=1S/C22H24ClN5O2/c1-15-21(25-26-28(15)18-9-5-7-16(23)13-18)22(29)24-17-8-6-12-27(14-17)19-10-3-4-11-20(19)30-2/h3-5,7,9-11,13,17H,6,8,12,14H2,1-2H3,(H,24,29). The molecule has 8 heteroatoms. The molecule has 1 aromatic heterocycles. The van der Waals surface area contributed by atoms with Gasteiger partial charge in [-0.15, -0.1) is 5.10 Å². The fourth-order valence-electron chi connectivity index (χ4n) is 3.85. The predicted octanol–water partition coefficient (Wildman–Crippen LogP) is 3.64. The molecule has 156 valence electrons. The average Bonchev–Trinajstić information content (AvgIpc) is 3.15. The first-order valence-electron chi connectivity index (χ1n) is 9.94. The maximum Gasteiger partial charge on any atom is 0.274 e. The van der Waals surface area contributed by atoms with Gasteiger partial charge >= 0.3 is 0 Å². The van der Waals surface area contributed by atoms with E-state index in [4.69, 9.17) is 16.3 Å². The topological polar surface area (TPSA) is 72.3 Å². The lowest BCUT2D eigenvalue weighted by molar-refractivity contribution is 0.0927. The Morgan fingerprint density at radius 2 is 2.07 bits per heavy atom. The number of hydrogen-bond donors (Lipinski definition) is 1. The van der Waals surface area contributed by atoms with Crippen molar-refractivity contribution in [3.8, 4) is 11.4 Å². The third-order valence-corrected chi connectivity index (χ3v) is 5.58. The number of methoxy groups -OCH3 is 1. The maximum absolute atomic E-state index is 12.9. The Kier molecular flexibility index (Phi) is 5.90. The van der Waals surface area contributed by atoms with Crippen LogP contribution in [0.25, 0.3) is 5.69 Å². The van der Waals surface area contributed by atoms with Crippen molar-refractivity contribution >= 4 is 23.2 Å². The van der Waals surface area contributed by atoms with Crippen molar-refractivity contribution in [3.63, 3.8) is 0 Å². The molecule has 1 N–H and O–H groups in total. The summed E-state index contributed by atoms with van der Waals surface area (Å²) in [6, 6.07) is 15.3. The number of benzene rings is 2. The van der Waals surface area contributed by atoms with Crippen LogP contribution in [0.2, 0.25) is 5.02 Å². The molecule has 1 aliphatic heterocycles. The van der Waals surface area contributed by atoms with Crippen molar-refractivity contribution in [1.82, 2.24) is 20.3 Å². The summed E-state index contributed by atoms with van der Waals surface area (Å²) >= 11 is 6.08. The molecule has 1 amide bonds. The first-order valence-corrected chi connectivity index (χ1v) is 10.3. The number of amides is 1. The lowest BCUT2D eigenvalue weighted by atomic mass is 10.0. The highest BCUT2D eigenvalue weighted by molar-refractivity contribution is 6.30. The minimum absolute atomic E-state index is 0.0203. The molecule has 0 bridgehead atoms. The van der Waals surface area contributed by atoms with Crippen LogP contribution in [0.5, 0.6) is 5.75 Å². The summed E-state index contributed by atoms with van der Waals surface area (Å²) in [7, 11) is 1.67. The molecular weight excluding hydrogens is 402 g/mol. The van der Waals surface area contributed by atoms with Crippen LogP contribution in [0.3, 0.4) is 0 Å². The summed E-state index contributed by atoms with van der Waals surface area (Å²) in [6.07, 6.45) is 1.90. The normalized spacial score (nSPS) is 16.4. The Morgan fingerprint density at radius 3 is 2.87 bits per heavy atom. The fourth-order valence-corrected chi connectivity index (χ4v) is 4.04. The van der Waals surface area contributed by atoms with Crippen LogP contribution < -0.4 is 15.0 Å². The number of carbonyl (C=O) groups excluding carboxylic acids is 1. The smallest absolute Gasteiger partial charge is 0.274 e. The highest BCUT2D eigenvalue weighted by Gasteiger charge is 2.26. The first-order chi connectivity index (χ1) is 14.6. The van der Waals surface area contributed by atoms with E-state index in [9.17, 15) is 4.79 Å². The van der Waals surface area contributed by atoms with E-state index in [0.717, 1.165) is 36.5 Å². The Hall–Kier alpha value is -3.06. The molecule has 0 spiro atoms. The summed E-state index contributed by atoms with van der Waals surface area (Å²) in [5.74, 6) is 0.623. The molecule has 1 fully saturated rings. The van der Waals surface area contributed by atoms with Gasteiger partial charge in [-0.1, -0.05) is 35.0 Å². The molecule has 2 heterocycles. The van der Waals surface area contributed by atoms with Crippen molar-refractivity contribution in [2.75, 3.05) is 25.1 Å². The minimum atomic E-state index is -0.215. The number of para-hydroxylation sites is 2. The Bertz CT molecular complexity index is 1050. The number of anilines is 1. The number of nitrogens with zero attached hydrogens (tertiary/aromatic N) is 4. The zero-order valence-corrected chi connectivity index (χ0v) is 17.8. The lowest BCUT2D eigenvalue weighted by Crippen LogP contribution is -2.48. The van der Waals surface area contributed by atoms with Gasteiger partial charge in [-0.25, -0.2) is 4.68 Å². The van der Waals surface area contributed by atoms with E-state index in [1.54, 1.807) is 23.9 Å². The van der Waals surface area contributed by atoms with E-state index in [-0.39, 0.29) is 11.9 Å². The quantitative estimate of drug-likeness (QED) is 0.675. The van der Waals surface area contributed by atoms with Gasteiger partial charge in [0.2, 0.25) is 0 Å². The molecule has 1 saturated heterocycles. The number of aromatic nitrogens is 3. The number of nitrogens with one attached hydrogen (secondary N) is 1. The van der Waals surface area contributed by atoms with Crippen molar-refractivity contribution in [2.24, 2.45) is 0 Å². The van der Waals surface area contributed by atoms with Crippen molar-refractivity contribution in [3.05, 3.63) is 64.9 Å². The van der Waals surface area contributed by atoms with Crippen LogP contribution >= 0.6 is 11.6 Å². The summed E-state index contributed by atoms with van der Waals surface area (Å²) in [6.45, 7) is 3.47.